The number of likely N-dealkylation sites (tertiary alicyclic amines) is 1. The van der Waals surface area contributed by atoms with E-state index in [1.807, 2.05) is 26.1 Å². The van der Waals surface area contributed by atoms with Crippen LogP contribution in [0, 0.1) is 5.92 Å². The van der Waals surface area contributed by atoms with E-state index in [0.29, 0.717) is 37.6 Å². The molecular formula is C15H23F3N4O2. The summed E-state index contributed by atoms with van der Waals surface area (Å²) in [5.41, 5.74) is 0. The van der Waals surface area contributed by atoms with E-state index in [1.54, 1.807) is 0 Å². The van der Waals surface area contributed by atoms with Gasteiger partial charge in [-0.3, -0.25) is 9.69 Å². The van der Waals surface area contributed by atoms with Gasteiger partial charge in [0.2, 0.25) is 11.8 Å². The van der Waals surface area contributed by atoms with E-state index >= 15 is 0 Å². The number of rotatable bonds is 5. The van der Waals surface area contributed by atoms with Gasteiger partial charge in [0.15, 0.2) is 5.82 Å². The SMILES string of the molecule is CC(C)c1noc(C(C)N2CCC(C(=O)NCC(F)(F)F)CC2)n1. The van der Waals surface area contributed by atoms with Crippen molar-refractivity contribution in [2.24, 2.45) is 5.92 Å². The fraction of sp³-hybridized carbons (Fsp3) is 0.800. The topological polar surface area (TPSA) is 71.3 Å². The molecular weight excluding hydrogens is 325 g/mol. The fourth-order valence-electron chi connectivity index (χ4n) is 2.69. The summed E-state index contributed by atoms with van der Waals surface area (Å²) in [6, 6.07) is -0.0795. The molecule has 0 bridgehead atoms. The Labute approximate surface area is 138 Å². The molecule has 1 aromatic heterocycles. The van der Waals surface area contributed by atoms with Crippen molar-refractivity contribution in [1.82, 2.24) is 20.4 Å². The zero-order valence-electron chi connectivity index (χ0n) is 14.1. The second-order valence-corrected chi connectivity index (χ2v) is 6.46. The number of hydrogen-bond donors (Lipinski definition) is 1. The molecule has 1 amide bonds. The predicted octanol–water partition coefficient (Wildman–Crippen LogP) is 2.64. The van der Waals surface area contributed by atoms with Gasteiger partial charge in [-0.25, -0.2) is 0 Å². The molecule has 1 unspecified atom stereocenters. The third-order valence-corrected chi connectivity index (χ3v) is 4.24. The Morgan fingerprint density at radius 1 is 1.33 bits per heavy atom. The maximum absolute atomic E-state index is 12.2. The third-order valence-electron chi connectivity index (χ3n) is 4.24. The zero-order valence-corrected chi connectivity index (χ0v) is 14.1. The van der Waals surface area contributed by atoms with Crippen LogP contribution < -0.4 is 5.32 Å². The maximum Gasteiger partial charge on any atom is 0.405 e. The molecule has 136 valence electrons. The van der Waals surface area contributed by atoms with E-state index in [1.165, 1.54) is 0 Å². The Morgan fingerprint density at radius 3 is 2.46 bits per heavy atom. The quantitative estimate of drug-likeness (QED) is 0.886. The Hall–Kier alpha value is -1.64. The maximum atomic E-state index is 12.2. The van der Waals surface area contributed by atoms with E-state index in [0.717, 1.165) is 0 Å². The number of carbonyl (C=O) groups is 1. The highest BCUT2D eigenvalue weighted by Crippen LogP contribution is 2.26. The lowest BCUT2D eigenvalue weighted by Crippen LogP contribution is -2.43. The molecule has 2 rings (SSSR count). The van der Waals surface area contributed by atoms with Gasteiger partial charge < -0.3 is 9.84 Å². The van der Waals surface area contributed by atoms with Gasteiger partial charge in [-0.1, -0.05) is 19.0 Å². The molecule has 9 heteroatoms. The summed E-state index contributed by atoms with van der Waals surface area (Å²) in [6.07, 6.45) is -3.35. The van der Waals surface area contributed by atoms with Crippen LogP contribution in [-0.4, -0.2) is 46.8 Å². The van der Waals surface area contributed by atoms with Crippen LogP contribution in [0.2, 0.25) is 0 Å². The van der Waals surface area contributed by atoms with Gasteiger partial charge in [-0.05, 0) is 32.9 Å². The van der Waals surface area contributed by atoms with Crippen LogP contribution in [0.3, 0.4) is 0 Å². The Kier molecular flexibility index (Phi) is 5.84. The van der Waals surface area contributed by atoms with Gasteiger partial charge >= 0.3 is 6.18 Å². The average molecular weight is 348 g/mol. The molecule has 2 heterocycles. The lowest BCUT2D eigenvalue weighted by atomic mass is 9.95. The Morgan fingerprint density at radius 2 is 1.96 bits per heavy atom. The summed E-state index contributed by atoms with van der Waals surface area (Å²) in [5, 5.41) is 5.90. The number of amides is 1. The van der Waals surface area contributed by atoms with Gasteiger partial charge in [0.25, 0.3) is 0 Å². The number of halogens is 3. The van der Waals surface area contributed by atoms with Gasteiger partial charge in [-0.2, -0.15) is 18.2 Å². The number of alkyl halides is 3. The molecule has 0 saturated carbocycles. The normalized spacial score (nSPS) is 18.8. The first-order valence-corrected chi connectivity index (χ1v) is 8.09. The molecule has 1 N–H and O–H groups in total. The first-order chi connectivity index (χ1) is 11.2. The van der Waals surface area contributed by atoms with Crippen molar-refractivity contribution in [3.8, 4) is 0 Å². The van der Waals surface area contributed by atoms with Crippen LogP contribution in [-0.2, 0) is 4.79 Å². The highest BCUT2D eigenvalue weighted by molar-refractivity contribution is 5.78. The summed E-state index contributed by atoms with van der Waals surface area (Å²) >= 11 is 0. The Balaban J connectivity index is 1.84. The number of piperidine rings is 1. The van der Waals surface area contributed by atoms with Crippen LogP contribution in [0.5, 0.6) is 0 Å². The molecule has 0 spiro atoms. The minimum atomic E-state index is -4.38. The smallest absolute Gasteiger partial charge is 0.347 e. The van der Waals surface area contributed by atoms with E-state index in [-0.39, 0.29) is 17.9 Å². The van der Waals surface area contributed by atoms with Crippen molar-refractivity contribution >= 4 is 5.91 Å². The number of aromatic nitrogens is 2. The summed E-state index contributed by atoms with van der Waals surface area (Å²) in [5.74, 6) is 0.443. The van der Waals surface area contributed by atoms with Crippen molar-refractivity contribution in [3.63, 3.8) is 0 Å². The van der Waals surface area contributed by atoms with Crippen LogP contribution in [0.25, 0.3) is 0 Å². The van der Waals surface area contributed by atoms with Crippen molar-refractivity contribution < 1.29 is 22.5 Å². The highest BCUT2D eigenvalue weighted by atomic mass is 19.4. The highest BCUT2D eigenvalue weighted by Gasteiger charge is 2.32. The average Bonchev–Trinajstić information content (AvgIpc) is 3.01. The van der Waals surface area contributed by atoms with E-state index < -0.39 is 18.6 Å². The molecule has 24 heavy (non-hydrogen) atoms. The molecule has 0 aliphatic carbocycles. The number of nitrogens with one attached hydrogen (secondary N) is 1. The minimum absolute atomic E-state index is 0.0795. The lowest BCUT2D eigenvalue weighted by Gasteiger charge is -2.33. The fourth-order valence-corrected chi connectivity index (χ4v) is 2.69. The number of hydrogen-bond acceptors (Lipinski definition) is 5. The third kappa shape index (κ3) is 4.93. The molecule has 0 aromatic carbocycles. The number of nitrogens with zero attached hydrogens (tertiary/aromatic N) is 3. The van der Waals surface area contributed by atoms with E-state index in [2.05, 4.69) is 15.0 Å². The van der Waals surface area contributed by atoms with Gasteiger partial charge in [0.05, 0.1) is 6.04 Å². The molecule has 1 aliphatic rings. The van der Waals surface area contributed by atoms with Crippen molar-refractivity contribution in [3.05, 3.63) is 11.7 Å². The molecule has 0 radical (unpaired) electrons. The van der Waals surface area contributed by atoms with Crippen molar-refractivity contribution in [2.45, 2.75) is 51.7 Å². The summed E-state index contributed by atoms with van der Waals surface area (Å²) in [6.45, 7) is 5.83. The monoisotopic (exact) mass is 348 g/mol. The molecule has 6 nitrogen and oxygen atoms in total. The predicted molar refractivity (Wildman–Crippen MR) is 80.2 cm³/mol. The second-order valence-electron chi connectivity index (χ2n) is 6.46. The summed E-state index contributed by atoms with van der Waals surface area (Å²) < 4.78 is 41.7. The number of carbonyl (C=O) groups excluding carboxylic acids is 1. The summed E-state index contributed by atoms with van der Waals surface area (Å²) in [4.78, 5) is 18.3. The first-order valence-electron chi connectivity index (χ1n) is 8.09. The van der Waals surface area contributed by atoms with E-state index in [9.17, 15) is 18.0 Å². The standard InChI is InChI=1S/C15H23F3N4O2/c1-9(2)12-20-14(24-21-12)10(3)22-6-4-11(5-7-22)13(23)19-8-15(16,17)18/h9-11H,4-8H2,1-3H3,(H,19,23). The van der Waals surface area contributed by atoms with Gasteiger partial charge in [-0.15, -0.1) is 0 Å². The lowest BCUT2D eigenvalue weighted by molar-refractivity contribution is -0.141. The van der Waals surface area contributed by atoms with Crippen molar-refractivity contribution in [2.75, 3.05) is 19.6 Å². The minimum Gasteiger partial charge on any atom is -0.347 e. The molecule has 1 saturated heterocycles. The first kappa shape index (κ1) is 18.7. The van der Waals surface area contributed by atoms with Crippen LogP contribution in [0.15, 0.2) is 4.52 Å². The summed E-state index contributed by atoms with van der Waals surface area (Å²) in [7, 11) is 0. The van der Waals surface area contributed by atoms with Crippen LogP contribution in [0.1, 0.15) is 57.3 Å². The van der Waals surface area contributed by atoms with Gasteiger partial charge in [0, 0.05) is 11.8 Å². The Bertz CT molecular complexity index is 551. The van der Waals surface area contributed by atoms with E-state index in [4.69, 9.17) is 4.52 Å². The molecule has 1 aliphatic heterocycles. The second kappa shape index (κ2) is 7.50. The molecule has 1 aromatic rings. The van der Waals surface area contributed by atoms with Crippen LogP contribution in [0.4, 0.5) is 13.2 Å². The van der Waals surface area contributed by atoms with Crippen LogP contribution >= 0.6 is 0 Å². The molecule has 1 atom stereocenters. The largest absolute Gasteiger partial charge is 0.405 e. The zero-order chi connectivity index (χ0) is 17.9. The van der Waals surface area contributed by atoms with Gasteiger partial charge in [0.1, 0.15) is 6.54 Å². The van der Waals surface area contributed by atoms with Crippen molar-refractivity contribution in [1.29, 1.82) is 0 Å². The molecule has 1 fully saturated rings.